The van der Waals surface area contributed by atoms with Crippen molar-refractivity contribution in [1.82, 2.24) is 15.3 Å². The highest BCUT2D eigenvalue weighted by Crippen LogP contribution is 2.34. The Balaban J connectivity index is 1.87. The molecule has 0 spiro atoms. The summed E-state index contributed by atoms with van der Waals surface area (Å²) in [4.78, 5) is 18.1. The zero-order chi connectivity index (χ0) is 14.8. The fourth-order valence-corrected chi connectivity index (χ4v) is 3.44. The summed E-state index contributed by atoms with van der Waals surface area (Å²) >= 11 is 1.35. The number of carbonyl (C=O) groups excluding carboxylic acids is 1. The second-order valence-corrected chi connectivity index (χ2v) is 7.39. The standard InChI is InChI=1S/C14H24N4OS/c1-14(2,3)10-4-6-18(7-5-10)8-11-9-20-13(16-11)12(19)17-15/h9-10H,4-8,15H2,1-3H3,(H,17,19). The molecule has 1 aliphatic rings. The number of nitrogens with one attached hydrogen (secondary N) is 1. The van der Waals surface area contributed by atoms with Crippen LogP contribution in [0.3, 0.4) is 0 Å². The summed E-state index contributed by atoms with van der Waals surface area (Å²) in [5.74, 6) is 5.60. The quantitative estimate of drug-likeness (QED) is 0.508. The van der Waals surface area contributed by atoms with Crippen LogP contribution in [-0.4, -0.2) is 28.9 Å². The van der Waals surface area contributed by atoms with E-state index in [0.717, 1.165) is 31.2 Å². The first kappa shape index (κ1) is 15.4. The molecule has 2 heterocycles. The number of nitrogen functional groups attached to an aromatic ring is 1. The van der Waals surface area contributed by atoms with Gasteiger partial charge in [-0.1, -0.05) is 20.8 Å². The van der Waals surface area contributed by atoms with Gasteiger partial charge >= 0.3 is 0 Å². The number of hydrazine groups is 1. The number of carbonyl (C=O) groups is 1. The maximum absolute atomic E-state index is 11.4. The minimum Gasteiger partial charge on any atom is -0.297 e. The molecule has 20 heavy (non-hydrogen) atoms. The summed E-state index contributed by atoms with van der Waals surface area (Å²) in [6.45, 7) is 10.0. The van der Waals surface area contributed by atoms with Gasteiger partial charge in [0.1, 0.15) is 0 Å². The Bertz CT molecular complexity index is 458. The highest BCUT2D eigenvalue weighted by atomic mass is 32.1. The average molecular weight is 296 g/mol. The molecule has 1 saturated heterocycles. The molecule has 0 atom stereocenters. The van der Waals surface area contributed by atoms with E-state index in [1.165, 1.54) is 24.2 Å². The first-order valence-electron chi connectivity index (χ1n) is 7.08. The van der Waals surface area contributed by atoms with E-state index < -0.39 is 0 Å². The maximum Gasteiger partial charge on any atom is 0.294 e. The molecule has 0 bridgehead atoms. The van der Waals surface area contributed by atoms with Gasteiger partial charge in [0.05, 0.1) is 5.69 Å². The Labute approximate surface area is 124 Å². The third-order valence-electron chi connectivity index (χ3n) is 4.08. The van der Waals surface area contributed by atoms with Crippen LogP contribution in [0.25, 0.3) is 0 Å². The third kappa shape index (κ3) is 3.77. The molecular weight excluding hydrogens is 272 g/mol. The zero-order valence-corrected chi connectivity index (χ0v) is 13.3. The molecule has 0 aliphatic carbocycles. The molecular formula is C14H24N4OS. The van der Waals surface area contributed by atoms with Crippen molar-refractivity contribution in [3.05, 3.63) is 16.1 Å². The monoisotopic (exact) mass is 296 g/mol. The first-order valence-corrected chi connectivity index (χ1v) is 7.96. The van der Waals surface area contributed by atoms with E-state index in [1.54, 1.807) is 0 Å². The second-order valence-electron chi connectivity index (χ2n) is 6.53. The van der Waals surface area contributed by atoms with Crippen LogP contribution in [0, 0.1) is 11.3 Å². The summed E-state index contributed by atoms with van der Waals surface area (Å²) in [5.41, 5.74) is 3.48. The lowest BCUT2D eigenvalue weighted by Crippen LogP contribution is -2.37. The van der Waals surface area contributed by atoms with E-state index in [4.69, 9.17) is 5.84 Å². The fraction of sp³-hybridized carbons (Fsp3) is 0.714. The number of hydrogen-bond donors (Lipinski definition) is 2. The van der Waals surface area contributed by atoms with Crippen LogP contribution in [0.4, 0.5) is 0 Å². The zero-order valence-electron chi connectivity index (χ0n) is 12.5. The summed E-state index contributed by atoms with van der Waals surface area (Å²) in [6, 6.07) is 0. The van der Waals surface area contributed by atoms with Crippen LogP contribution in [-0.2, 0) is 6.54 Å². The maximum atomic E-state index is 11.4. The van der Waals surface area contributed by atoms with Crippen LogP contribution in [0.5, 0.6) is 0 Å². The molecule has 1 fully saturated rings. The van der Waals surface area contributed by atoms with Crippen molar-refractivity contribution in [2.45, 2.75) is 40.2 Å². The molecule has 2 rings (SSSR count). The third-order valence-corrected chi connectivity index (χ3v) is 4.96. The highest BCUT2D eigenvalue weighted by molar-refractivity contribution is 7.11. The number of thiazole rings is 1. The van der Waals surface area contributed by atoms with Gasteiger partial charge in [-0.25, -0.2) is 10.8 Å². The normalized spacial score (nSPS) is 18.2. The van der Waals surface area contributed by atoms with Crippen molar-refractivity contribution in [3.8, 4) is 0 Å². The van der Waals surface area contributed by atoms with Gasteiger partial charge in [0.25, 0.3) is 5.91 Å². The molecule has 1 aromatic heterocycles. The predicted octanol–water partition coefficient (Wildman–Crippen LogP) is 2.00. The Morgan fingerprint density at radius 1 is 1.50 bits per heavy atom. The van der Waals surface area contributed by atoms with Crippen molar-refractivity contribution in [2.24, 2.45) is 17.2 Å². The molecule has 0 aromatic carbocycles. The number of nitrogens with zero attached hydrogens (tertiary/aromatic N) is 2. The van der Waals surface area contributed by atoms with E-state index >= 15 is 0 Å². The van der Waals surface area contributed by atoms with Crippen LogP contribution < -0.4 is 11.3 Å². The molecule has 0 radical (unpaired) electrons. The van der Waals surface area contributed by atoms with Crippen LogP contribution in [0.1, 0.15) is 49.1 Å². The van der Waals surface area contributed by atoms with Gasteiger partial charge in [-0.2, -0.15) is 0 Å². The molecule has 1 aliphatic heterocycles. The SMILES string of the molecule is CC(C)(C)C1CCN(Cc2csc(C(=O)NN)n2)CC1. The van der Waals surface area contributed by atoms with Gasteiger partial charge < -0.3 is 0 Å². The average Bonchev–Trinajstić information content (AvgIpc) is 2.86. The fourth-order valence-electron chi connectivity index (χ4n) is 2.73. The first-order chi connectivity index (χ1) is 9.40. The lowest BCUT2D eigenvalue weighted by molar-refractivity contribution is 0.0951. The Kier molecular flexibility index (Phi) is 4.78. The minimum atomic E-state index is -0.312. The summed E-state index contributed by atoms with van der Waals surface area (Å²) in [6.07, 6.45) is 2.48. The lowest BCUT2D eigenvalue weighted by Gasteiger charge is -2.38. The van der Waals surface area contributed by atoms with Gasteiger partial charge in [0.15, 0.2) is 5.01 Å². The largest absolute Gasteiger partial charge is 0.297 e. The molecule has 5 nitrogen and oxygen atoms in total. The van der Waals surface area contributed by atoms with Crippen LogP contribution in [0.2, 0.25) is 0 Å². The number of likely N-dealkylation sites (tertiary alicyclic amines) is 1. The van der Waals surface area contributed by atoms with Gasteiger partial charge in [0, 0.05) is 11.9 Å². The summed E-state index contributed by atoms with van der Waals surface area (Å²) < 4.78 is 0. The number of hydrogen-bond acceptors (Lipinski definition) is 5. The Morgan fingerprint density at radius 3 is 2.70 bits per heavy atom. The Morgan fingerprint density at radius 2 is 2.15 bits per heavy atom. The van der Waals surface area contributed by atoms with Crippen molar-refractivity contribution in [3.63, 3.8) is 0 Å². The predicted molar refractivity (Wildman–Crippen MR) is 81.2 cm³/mol. The number of rotatable bonds is 3. The second kappa shape index (κ2) is 6.20. The number of nitrogens with two attached hydrogens (primary N) is 1. The van der Waals surface area contributed by atoms with E-state index in [1.807, 2.05) is 5.38 Å². The molecule has 6 heteroatoms. The van der Waals surface area contributed by atoms with Gasteiger partial charge in [-0.15, -0.1) is 11.3 Å². The van der Waals surface area contributed by atoms with Gasteiger partial charge in [-0.05, 0) is 37.3 Å². The van der Waals surface area contributed by atoms with Gasteiger partial charge in [-0.3, -0.25) is 15.1 Å². The van der Waals surface area contributed by atoms with E-state index in [0.29, 0.717) is 10.4 Å². The molecule has 0 saturated carbocycles. The number of piperidine rings is 1. The van der Waals surface area contributed by atoms with Gasteiger partial charge in [0.2, 0.25) is 0 Å². The van der Waals surface area contributed by atoms with Crippen molar-refractivity contribution < 1.29 is 4.79 Å². The summed E-state index contributed by atoms with van der Waals surface area (Å²) in [5, 5.41) is 2.38. The molecule has 1 aromatic rings. The van der Waals surface area contributed by atoms with E-state index in [9.17, 15) is 4.79 Å². The summed E-state index contributed by atoms with van der Waals surface area (Å²) in [7, 11) is 0. The molecule has 0 unspecified atom stereocenters. The van der Waals surface area contributed by atoms with Crippen LogP contribution >= 0.6 is 11.3 Å². The topological polar surface area (TPSA) is 71.2 Å². The van der Waals surface area contributed by atoms with Crippen molar-refractivity contribution in [2.75, 3.05) is 13.1 Å². The van der Waals surface area contributed by atoms with Crippen LogP contribution in [0.15, 0.2) is 5.38 Å². The smallest absolute Gasteiger partial charge is 0.294 e. The number of amides is 1. The minimum absolute atomic E-state index is 0.312. The van der Waals surface area contributed by atoms with Crippen molar-refractivity contribution >= 4 is 17.2 Å². The Hall–Kier alpha value is -0.980. The van der Waals surface area contributed by atoms with E-state index in [-0.39, 0.29) is 5.91 Å². The molecule has 112 valence electrons. The van der Waals surface area contributed by atoms with E-state index in [2.05, 4.69) is 36.1 Å². The highest BCUT2D eigenvalue weighted by Gasteiger charge is 2.28. The lowest BCUT2D eigenvalue weighted by atomic mass is 9.75. The molecule has 1 amide bonds. The molecule has 3 N–H and O–H groups in total. The van der Waals surface area contributed by atoms with Crippen molar-refractivity contribution in [1.29, 1.82) is 0 Å². The number of aromatic nitrogens is 1.